The van der Waals surface area contributed by atoms with E-state index in [1.54, 1.807) is 30.3 Å². The summed E-state index contributed by atoms with van der Waals surface area (Å²) in [5, 5.41) is 17.7. The predicted octanol–water partition coefficient (Wildman–Crippen LogP) is 3.63. The second-order valence-electron chi connectivity index (χ2n) is 6.99. The Morgan fingerprint density at radius 2 is 1.89 bits per heavy atom. The molecule has 0 unspecified atom stereocenters. The number of halogens is 1. The molecule has 0 aliphatic rings. The van der Waals surface area contributed by atoms with Gasteiger partial charge in [0.05, 0.1) is 22.4 Å². The Balaban J connectivity index is 1.69. The van der Waals surface area contributed by atoms with Crippen LogP contribution in [0.15, 0.2) is 60.9 Å². The first-order valence-corrected chi connectivity index (χ1v) is 8.61. The highest BCUT2D eigenvalue weighted by molar-refractivity contribution is 5.93. The molecule has 0 aliphatic heterocycles. The van der Waals surface area contributed by atoms with Gasteiger partial charge in [-0.25, -0.2) is 9.07 Å². The van der Waals surface area contributed by atoms with Crippen molar-refractivity contribution in [2.75, 3.05) is 6.54 Å². The van der Waals surface area contributed by atoms with E-state index in [0.717, 1.165) is 0 Å². The molecule has 3 aromatic rings. The summed E-state index contributed by atoms with van der Waals surface area (Å²) in [6.45, 7) is 3.95. The molecule has 2 aromatic carbocycles. The Bertz CT molecular complexity index is 1010. The maximum absolute atomic E-state index is 14.0. The van der Waals surface area contributed by atoms with E-state index in [-0.39, 0.29) is 24.0 Å². The van der Waals surface area contributed by atoms with Gasteiger partial charge < -0.3 is 5.32 Å². The number of nitro benzene ring substituents is 1. The van der Waals surface area contributed by atoms with Crippen molar-refractivity contribution in [2.24, 2.45) is 0 Å². The summed E-state index contributed by atoms with van der Waals surface area (Å²) < 4.78 is 15.5. The molecule has 1 aromatic heterocycles. The summed E-state index contributed by atoms with van der Waals surface area (Å²) in [7, 11) is 0. The molecule has 0 bridgehead atoms. The molecular formula is C20H19FN4O3. The van der Waals surface area contributed by atoms with Gasteiger partial charge in [0.15, 0.2) is 0 Å². The van der Waals surface area contributed by atoms with Crippen LogP contribution in [0, 0.1) is 15.9 Å². The number of nitro groups is 1. The predicted molar refractivity (Wildman–Crippen MR) is 102 cm³/mol. The average Bonchev–Trinajstić information content (AvgIpc) is 3.17. The van der Waals surface area contributed by atoms with Crippen molar-refractivity contribution in [3.63, 3.8) is 0 Å². The van der Waals surface area contributed by atoms with Crippen LogP contribution in [0.2, 0.25) is 0 Å². The SMILES string of the molecule is CC(C)(CNC(=O)c1cnn(-c2ccc([N+](=O)[O-])cc2)c1)c1ccccc1F. The molecule has 0 aliphatic carbocycles. The van der Waals surface area contributed by atoms with Gasteiger partial charge in [0, 0.05) is 30.3 Å². The lowest BCUT2D eigenvalue weighted by atomic mass is 9.84. The molecule has 0 fully saturated rings. The van der Waals surface area contributed by atoms with Crippen LogP contribution in [0.1, 0.15) is 29.8 Å². The number of hydrogen-bond acceptors (Lipinski definition) is 4. The number of nitrogens with one attached hydrogen (secondary N) is 1. The second kappa shape index (κ2) is 7.59. The number of non-ortho nitro benzene ring substituents is 1. The minimum Gasteiger partial charge on any atom is -0.351 e. The zero-order valence-electron chi connectivity index (χ0n) is 15.4. The molecule has 1 amide bonds. The number of amides is 1. The van der Waals surface area contributed by atoms with E-state index < -0.39 is 10.3 Å². The third-order valence-electron chi connectivity index (χ3n) is 4.46. The third kappa shape index (κ3) is 4.06. The Hall–Kier alpha value is -3.55. The molecule has 0 radical (unpaired) electrons. The van der Waals surface area contributed by atoms with Gasteiger partial charge in [-0.15, -0.1) is 0 Å². The van der Waals surface area contributed by atoms with Gasteiger partial charge in [0.25, 0.3) is 11.6 Å². The van der Waals surface area contributed by atoms with Crippen molar-refractivity contribution in [3.8, 4) is 5.69 Å². The van der Waals surface area contributed by atoms with Crippen molar-refractivity contribution < 1.29 is 14.1 Å². The Kier molecular flexibility index (Phi) is 5.21. The van der Waals surface area contributed by atoms with Crippen LogP contribution in [0.5, 0.6) is 0 Å². The number of rotatable bonds is 6. The minimum atomic E-state index is -0.588. The fourth-order valence-electron chi connectivity index (χ4n) is 2.82. The summed E-state index contributed by atoms with van der Waals surface area (Å²) in [4.78, 5) is 22.7. The fraction of sp³-hybridized carbons (Fsp3) is 0.200. The molecular weight excluding hydrogens is 363 g/mol. The standard InChI is InChI=1S/C20H19FN4O3/c1-20(2,17-5-3-4-6-18(17)21)13-22-19(26)14-11-23-24(12-14)15-7-9-16(10-8-15)25(27)28/h3-12H,13H2,1-2H3,(H,22,26). The fourth-order valence-corrected chi connectivity index (χ4v) is 2.82. The molecule has 144 valence electrons. The summed E-state index contributed by atoms with van der Waals surface area (Å²) in [5.74, 6) is -0.648. The number of carbonyl (C=O) groups is 1. The van der Waals surface area contributed by atoms with Gasteiger partial charge >= 0.3 is 0 Å². The summed E-state index contributed by atoms with van der Waals surface area (Å²) in [6, 6.07) is 12.3. The van der Waals surface area contributed by atoms with Crippen molar-refractivity contribution >= 4 is 11.6 Å². The van der Waals surface area contributed by atoms with Crippen LogP contribution in [-0.4, -0.2) is 27.2 Å². The first kappa shape index (κ1) is 19.2. The van der Waals surface area contributed by atoms with E-state index in [2.05, 4.69) is 10.4 Å². The molecule has 1 N–H and O–H groups in total. The maximum Gasteiger partial charge on any atom is 0.269 e. The number of hydrogen-bond donors (Lipinski definition) is 1. The normalized spacial score (nSPS) is 11.2. The smallest absolute Gasteiger partial charge is 0.269 e. The Labute approximate surface area is 161 Å². The lowest BCUT2D eigenvalue weighted by molar-refractivity contribution is -0.384. The maximum atomic E-state index is 14.0. The van der Waals surface area contributed by atoms with Gasteiger partial charge in [-0.1, -0.05) is 32.0 Å². The number of carbonyl (C=O) groups excluding carboxylic acids is 1. The lowest BCUT2D eigenvalue weighted by Crippen LogP contribution is -2.37. The second-order valence-corrected chi connectivity index (χ2v) is 6.99. The van der Waals surface area contributed by atoms with Gasteiger partial charge in [-0.3, -0.25) is 14.9 Å². The highest BCUT2D eigenvalue weighted by Gasteiger charge is 2.25. The Morgan fingerprint density at radius 1 is 1.21 bits per heavy atom. The number of benzene rings is 2. The lowest BCUT2D eigenvalue weighted by Gasteiger charge is -2.26. The summed E-state index contributed by atoms with van der Waals surface area (Å²) in [5.41, 5.74) is 0.843. The van der Waals surface area contributed by atoms with Gasteiger partial charge in [-0.2, -0.15) is 5.10 Å². The number of nitrogens with zero attached hydrogens (tertiary/aromatic N) is 3. The van der Waals surface area contributed by atoms with Crippen molar-refractivity contribution in [3.05, 3.63) is 88.0 Å². The summed E-state index contributed by atoms with van der Waals surface area (Å²) in [6.07, 6.45) is 2.94. The van der Waals surface area contributed by atoms with Crippen LogP contribution >= 0.6 is 0 Å². The molecule has 7 nitrogen and oxygen atoms in total. The third-order valence-corrected chi connectivity index (χ3v) is 4.46. The zero-order chi connectivity index (χ0) is 20.3. The molecule has 0 saturated heterocycles. The first-order valence-electron chi connectivity index (χ1n) is 8.61. The largest absolute Gasteiger partial charge is 0.351 e. The quantitative estimate of drug-likeness (QED) is 0.521. The summed E-state index contributed by atoms with van der Waals surface area (Å²) >= 11 is 0. The van der Waals surface area contributed by atoms with Crippen LogP contribution < -0.4 is 5.32 Å². The van der Waals surface area contributed by atoms with E-state index >= 15 is 0 Å². The average molecular weight is 382 g/mol. The molecule has 0 atom stereocenters. The highest BCUT2D eigenvalue weighted by atomic mass is 19.1. The van der Waals surface area contributed by atoms with Crippen LogP contribution in [0.4, 0.5) is 10.1 Å². The van der Waals surface area contributed by atoms with E-state index in [1.165, 1.54) is 35.3 Å². The van der Waals surface area contributed by atoms with Crippen LogP contribution in [-0.2, 0) is 5.41 Å². The van der Waals surface area contributed by atoms with E-state index in [0.29, 0.717) is 16.8 Å². The number of aromatic nitrogens is 2. The van der Waals surface area contributed by atoms with Crippen molar-refractivity contribution in [1.82, 2.24) is 15.1 Å². The van der Waals surface area contributed by atoms with E-state index in [9.17, 15) is 19.3 Å². The van der Waals surface area contributed by atoms with Crippen molar-refractivity contribution in [1.29, 1.82) is 0 Å². The zero-order valence-corrected chi connectivity index (χ0v) is 15.4. The van der Waals surface area contributed by atoms with E-state index in [1.807, 2.05) is 13.8 Å². The van der Waals surface area contributed by atoms with Gasteiger partial charge in [-0.05, 0) is 23.8 Å². The monoisotopic (exact) mass is 382 g/mol. The molecule has 1 heterocycles. The highest BCUT2D eigenvalue weighted by Crippen LogP contribution is 2.25. The molecule has 28 heavy (non-hydrogen) atoms. The van der Waals surface area contributed by atoms with Gasteiger partial charge in [0.2, 0.25) is 0 Å². The topological polar surface area (TPSA) is 90.1 Å². The molecule has 0 saturated carbocycles. The molecule has 8 heteroatoms. The van der Waals surface area contributed by atoms with E-state index in [4.69, 9.17) is 0 Å². The minimum absolute atomic E-state index is 0.0238. The van der Waals surface area contributed by atoms with Crippen molar-refractivity contribution in [2.45, 2.75) is 19.3 Å². The Morgan fingerprint density at radius 3 is 2.54 bits per heavy atom. The molecule has 0 spiro atoms. The van der Waals surface area contributed by atoms with Crippen LogP contribution in [0.25, 0.3) is 5.69 Å². The van der Waals surface area contributed by atoms with Crippen LogP contribution in [0.3, 0.4) is 0 Å². The molecule has 3 rings (SSSR count). The first-order chi connectivity index (χ1) is 13.3. The van der Waals surface area contributed by atoms with Gasteiger partial charge in [0.1, 0.15) is 5.82 Å².